The van der Waals surface area contributed by atoms with E-state index in [1.54, 1.807) is 7.11 Å². The van der Waals surface area contributed by atoms with Gasteiger partial charge in [-0.25, -0.2) is 0 Å². The molecular formula is C12H20N2O. The van der Waals surface area contributed by atoms with Gasteiger partial charge in [0, 0.05) is 18.5 Å². The van der Waals surface area contributed by atoms with Crippen molar-refractivity contribution in [3.63, 3.8) is 0 Å². The maximum atomic E-state index is 5.84. The SMILES string of the molecule is COCC(C)(C)Nc1ccc(C)c(N)c1. The molecule has 3 nitrogen and oxygen atoms in total. The topological polar surface area (TPSA) is 47.3 Å². The van der Waals surface area contributed by atoms with E-state index in [1.165, 1.54) is 0 Å². The number of aryl methyl sites for hydroxylation is 1. The quantitative estimate of drug-likeness (QED) is 0.747. The number of rotatable bonds is 4. The lowest BCUT2D eigenvalue weighted by Crippen LogP contribution is -2.35. The highest BCUT2D eigenvalue weighted by molar-refractivity contribution is 5.59. The van der Waals surface area contributed by atoms with E-state index in [0.29, 0.717) is 6.61 Å². The zero-order valence-electron chi connectivity index (χ0n) is 9.92. The minimum absolute atomic E-state index is 0.0869. The molecule has 0 aliphatic heterocycles. The van der Waals surface area contributed by atoms with Crippen LogP contribution in [0, 0.1) is 6.92 Å². The van der Waals surface area contributed by atoms with Gasteiger partial charge in [0.05, 0.1) is 12.1 Å². The largest absolute Gasteiger partial charge is 0.398 e. The second kappa shape index (κ2) is 4.53. The number of hydrogen-bond donors (Lipinski definition) is 2. The van der Waals surface area contributed by atoms with Crippen LogP contribution < -0.4 is 11.1 Å². The van der Waals surface area contributed by atoms with Crippen molar-refractivity contribution in [3.05, 3.63) is 23.8 Å². The number of nitrogens with two attached hydrogens (primary N) is 1. The molecular weight excluding hydrogens is 188 g/mol. The van der Waals surface area contributed by atoms with Gasteiger partial charge in [0.25, 0.3) is 0 Å². The van der Waals surface area contributed by atoms with Gasteiger partial charge >= 0.3 is 0 Å². The molecule has 0 spiro atoms. The Labute approximate surface area is 91.6 Å². The lowest BCUT2D eigenvalue weighted by molar-refractivity contribution is 0.158. The van der Waals surface area contributed by atoms with Crippen molar-refractivity contribution in [3.8, 4) is 0 Å². The predicted octanol–water partition coefficient (Wildman–Crippen LogP) is 2.41. The molecule has 0 saturated carbocycles. The Balaban J connectivity index is 2.76. The molecule has 0 bridgehead atoms. The van der Waals surface area contributed by atoms with Crippen LogP contribution in [0.4, 0.5) is 11.4 Å². The molecule has 0 heterocycles. The summed E-state index contributed by atoms with van der Waals surface area (Å²) in [6.45, 7) is 6.83. The number of nitrogen functional groups attached to an aromatic ring is 1. The molecule has 3 heteroatoms. The highest BCUT2D eigenvalue weighted by Gasteiger charge is 2.16. The van der Waals surface area contributed by atoms with Crippen LogP contribution >= 0.6 is 0 Å². The molecule has 0 saturated heterocycles. The third-order valence-corrected chi connectivity index (χ3v) is 2.27. The van der Waals surface area contributed by atoms with Crippen LogP contribution in [0.15, 0.2) is 18.2 Å². The van der Waals surface area contributed by atoms with Crippen molar-refractivity contribution in [1.29, 1.82) is 0 Å². The van der Waals surface area contributed by atoms with Crippen molar-refractivity contribution in [2.45, 2.75) is 26.3 Å². The summed E-state index contributed by atoms with van der Waals surface area (Å²) < 4.78 is 5.14. The average molecular weight is 208 g/mol. The standard InChI is InChI=1S/C12H20N2O/c1-9-5-6-10(7-11(9)13)14-12(2,3)8-15-4/h5-7,14H,8,13H2,1-4H3. The van der Waals surface area contributed by atoms with E-state index >= 15 is 0 Å². The number of nitrogens with one attached hydrogen (secondary N) is 1. The number of methoxy groups -OCH3 is 1. The molecule has 1 aromatic rings. The molecule has 0 aliphatic rings. The summed E-state index contributed by atoms with van der Waals surface area (Å²) in [5.74, 6) is 0. The van der Waals surface area contributed by atoms with Crippen LogP contribution in [0.1, 0.15) is 19.4 Å². The Morgan fingerprint density at radius 2 is 2.07 bits per heavy atom. The van der Waals surface area contributed by atoms with E-state index in [1.807, 2.05) is 25.1 Å². The van der Waals surface area contributed by atoms with Crippen LogP contribution in [-0.4, -0.2) is 19.3 Å². The Morgan fingerprint density at radius 3 is 2.60 bits per heavy atom. The van der Waals surface area contributed by atoms with Gasteiger partial charge in [0.15, 0.2) is 0 Å². The smallest absolute Gasteiger partial charge is 0.0687 e. The second-order valence-electron chi connectivity index (χ2n) is 4.51. The molecule has 0 unspecified atom stereocenters. The molecule has 84 valence electrons. The lowest BCUT2D eigenvalue weighted by Gasteiger charge is -2.26. The van der Waals surface area contributed by atoms with E-state index in [0.717, 1.165) is 16.9 Å². The molecule has 1 rings (SSSR count). The number of anilines is 2. The molecule has 0 aromatic heterocycles. The van der Waals surface area contributed by atoms with Crippen molar-refractivity contribution in [2.75, 3.05) is 24.8 Å². The lowest BCUT2D eigenvalue weighted by atomic mass is 10.1. The van der Waals surface area contributed by atoms with Crippen LogP contribution in [0.3, 0.4) is 0 Å². The first-order valence-electron chi connectivity index (χ1n) is 5.08. The summed E-state index contributed by atoms with van der Waals surface area (Å²) in [6.07, 6.45) is 0. The summed E-state index contributed by atoms with van der Waals surface area (Å²) in [4.78, 5) is 0. The van der Waals surface area contributed by atoms with Gasteiger partial charge in [-0.1, -0.05) is 6.07 Å². The fraction of sp³-hybridized carbons (Fsp3) is 0.500. The fourth-order valence-electron chi connectivity index (χ4n) is 1.51. The fourth-order valence-corrected chi connectivity index (χ4v) is 1.51. The Morgan fingerprint density at radius 1 is 1.40 bits per heavy atom. The molecule has 1 aromatic carbocycles. The Hall–Kier alpha value is -1.22. The van der Waals surface area contributed by atoms with Gasteiger partial charge in [0.1, 0.15) is 0 Å². The number of ether oxygens (including phenoxy) is 1. The monoisotopic (exact) mass is 208 g/mol. The van der Waals surface area contributed by atoms with Crippen LogP contribution in [0.2, 0.25) is 0 Å². The van der Waals surface area contributed by atoms with E-state index < -0.39 is 0 Å². The van der Waals surface area contributed by atoms with Gasteiger partial charge in [-0.15, -0.1) is 0 Å². The van der Waals surface area contributed by atoms with Crippen LogP contribution in [-0.2, 0) is 4.74 Å². The minimum atomic E-state index is -0.0869. The number of benzene rings is 1. The van der Waals surface area contributed by atoms with E-state index in [2.05, 4.69) is 19.2 Å². The van der Waals surface area contributed by atoms with Crippen molar-refractivity contribution in [2.24, 2.45) is 0 Å². The summed E-state index contributed by atoms with van der Waals surface area (Å²) in [6, 6.07) is 6.00. The normalized spacial score (nSPS) is 11.5. The predicted molar refractivity (Wildman–Crippen MR) is 65.2 cm³/mol. The van der Waals surface area contributed by atoms with Gasteiger partial charge < -0.3 is 15.8 Å². The zero-order valence-corrected chi connectivity index (χ0v) is 9.92. The molecule has 0 radical (unpaired) electrons. The Bertz CT molecular complexity index is 334. The Kier molecular flexibility index (Phi) is 3.58. The molecule has 0 atom stereocenters. The van der Waals surface area contributed by atoms with Gasteiger partial charge in [-0.2, -0.15) is 0 Å². The first-order valence-corrected chi connectivity index (χ1v) is 5.08. The summed E-state index contributed by atoms with van der Waals surface area (Å²) >= 11 is 0. The van der Waals surface area contributed by atoms with E-state index in [-0.39, 0.29) is 5.54 Å². The third-order valence-electron chi connectivity index (χ3n) is 2.27. The zero-order chi connectivity index (χ0) is 11.5. The van der Waals surface area contributed by atoms with E-state index in [4.69, 9.17) is 10.5 Å². The molecule has 3 N–H and O–H groups in total. The van der Waals surface area contributed by atoms with Gasteiger partial charge in [-0.05, 0) is 38.5 Å². The first kappa shape index (κ1) is 11.9. The molecule has 0 fully saturated rings. The summed E-state index contributed by atoms with van der Waals surface area (Å²) in [7, 11) is 1.70. The van der Waals surface area contributed by atoms with Crippen LogP contribution in [0.25, 0.3) is 0 Å². The molecule has 0 amide bonds. The van der Waals surface area contributed by atoms with Crippen LogP contribution in [0.5, 0.6) is 0 Å². The number of hydrogen-bond acceptors (Lipinski definition) is 3. The maximum absolute atomic E-state index is 5.84. The van der Waals surface area contributed by atoms with Gasteiger partial charge in [-0.3, -0.25) is 0 Å². The first-order chi connectivity index (χ1) is 6.94. The van der Waals surface area contributed by atoms with Crippen molar-refractivity contribution < 1.29 is 4.74 Å². The summed E-state index contributed by atoms with van der Waals surface area (Å²) in [5, 5.41) is 3.38. The summed E-state index contributed by atoms with van der Waals surface area (Å²) in [5.41, 5.74) is 8.70. The second-order valence-corrected chi connectivity index (χ2v) is 4.51. The molecule has 15 heavy (non-hydrogen) atoms. The highest BCUT2D eigenvalue weighted by Crippen LogP contribution is 2.20. The van der Waals surface area contributed by atoms with Crippen molar-refractivity contribution in [1.82, 2.24) is 0 Å². The van der Waals surface area contributed by atoms with E-state index in [9.17, 15) is 0 Å². The van der Waals surface area contributed by atoms with Crippen molar-refractivity contribution >= 4 is 11.4 Å². The molecule has 0 aliphatic carbocycles. The minimum Gasteiger partial charge on any atom is -0.398 e. The third kappa shape index (κ3) is 3.44. The maximum Gasteiger partial charge on any atom is 0.0687 e. The van der Waals surface area contributed by atoms with Gasteiger partial charge in [0.2, 0.25) is 0 Å². The highest BCUT2D eigenvalue weighted by atomic mass is 16.5. The average Bonchev–Trinajstić information content (AvgIpc) is 2.10.